The van der Waals surface area contributed by atoms with Crippen LogP contribution in [0.2, 0.25) is 0 Å². The smallest absolute Gasteiger partial charge is 0.545 e. The molecule has 0 spiro atoms. The molecule has 0 aromatic heterocycles. The summed E-state index contributed by atoms with van der Waals surface area (Å²) in [6.07, 6.45) is 1.47. The second kappa shape index (κ2) is 8.62. The topological polar surface area (TPSA) is 78.8 Å². The Kier molecular flexibility index (Phi) is 7.16. The first-order chi connectivity index (χ1) is 10.5. The number of methoxy groups -OCH3 is 2. The minimum Gasteiger partial charge on any atom is -0.545 e. The Morgan fingerprint density at radius 3 is 2.00 bits per heavy atom. The van der Waals surface area contributed by atoms with Gasteiger partial charge in [-0.2, -0.15) is 0 Å². The monoisotopic (exact) mass is 322 g/mol. The molecule has 0 radical (unpaired) electrons. The number of carbonyl (C=O) groups is 1. The molecule has 2 aromatic rings. The molecule has 5 nitrogen and oxygen atoms in total. The molecule has 1 N–H and O–H groups in total. The number of benzene rings is 2. The van der Waals surface area contributed by atoms with Crippen molar-refractivity contribution in [1.29, 1.82) is 0 Å². The molecule has 23 heavy (non-hydrogen) atoms. The van der Waals surface area contributed by atoms with Gasteiger partial charge in [0.25, 0.3) is 0 Å². The van der Waals surface area contributed by atoms with Crippen LogP contribution in [0.4, 0.5) is 0 Å². The summed E-state index contributed by atoms with van der Waals surface area (Å²) in [5.41, 5.74) is 1.03. The molecule has 0 saturated heterocycles. The van der Waals surface area contributed by atoms with Gasteiger partial charge in [0.1, 0.15) is 17.2 Å². The second-order valence-electron chi connectivity index (χ2n) is 4.54. The van der Waals surface area contributed by atoms with E-state index in [1.54, 1.807) is 18.2 Å². The van der Waals surface area contributed by atoms with E-state index in [2.05, 4.69) is 0 Å². The van der Waals surface area contributed by atoms with Gasteiger partial charge in [0.05, 0.1) is 20.2 Å². The normalized spacial score (nSPS) is 10.6. The van der Waals surface area contributed by atoms with Crippen molar-refractivity contribution in [1.82, 2.24) is 0 Å². The first-order valence-electron chi connectivity index (χ1n) is 6.49. The Hall–Kier alpha value is -1.95. The molecule has 0 heterocycles. The van der Waals surface area contributed by atoms with Crippen molar-refractivity contribution in [3.8, 4) is 17.2 Å². The van der Waals surface area contributed by atoms with Crippen LogP contribution >= 0.6 is 0 Å². The molecule has 0 unspecified atom stereocenters. The van der Waals surface area contributed by atoms with E-state index < -0.39 is 5.97 Å². The van der Waals surface area contributed by atoms with Gasteiger partial charge in [-0.15, -0.1) is 0 Å². The summed E-state index contributed by atoms with van der Waals surface area (Å²) in [6, 6.07) is 10.9. The molecule has 2 aromatic carbocycles. The van der Waals surface area contributed by atoms with Gasteiger partial charge in [0, 0.05) is 11.6 Å². The number of carbonyl (C=O) groups excluding carboxylic acids is 1. The first kappa shape index (κ1) is 19.1. The van der Waals surface area contributed by atoms with Gasteiger partial charge in [-0.25, -0.2) is 0 Å². The van der Waals surface area contributed by atoms with Crippen LogP contribution in [-0.4, -0.2) is 25.3 Å². The minimum atomic E-state index is -1.31. The number of hydrogen-bond donors (Lipinski definition) is 1. The van der Waals surface area contributed by atoms with Crippen LogP contribution in [0.3, 0.4) is 0 Å². The molecule has 0 aliphatic carbocycles. The van der Waals surface area contributed by atoms with E-state index in [1.807, 2.05) is 0 Å². The average molecular weight is 322 g/mol. The molecule has 0 amide bonds. The predicted octanol–water partition coefficient (Wildman–Crippen LogP) is -1.30. The maximum absolute atomic E-state index is 11.4. The van der Waals surface area contributed by atoms with Gasteiger partial charge in [0.2, 0.25) is 0 Å². The van der Waals surface area contributed by atoms with Crippen molar-refractivity contribution in [2.75, 3.05) is 14.2 Å². The van der Waals surface area contributed by atoms with Crippen LogP contribution < -0.4 is 44.1 Å². The van der Waals surface area contributed by atoms with Crippen LogP contribution in [0, 0.1) is 0 Å². The molecule has 0 fully saturated rings. The third-order valence-corrected chi connectivity index (χ3v) is 3.08. The van der Waals surface area contributed by atoms with E-state index in [1.165, 1.54) is 44.6 Å². The van der Waals surface area contributed by atoms with Gasteiger partial charge in [0.15, 0.2) is 0 Å². The summed E-state index contributed by atoms with van der Waals surface area (Å²) >= 11 is 0. The van der Waals surface area contributed by atoms with Crippen molar-refractivity contribution >= 4 is 17.6 Å². The molecule has 114 valence electrons. The molecular weight excluding hydrogens is 307 g/mol. The zero-order valence-electron chi connectivity index (χ0n) is 13.2. The first-order valence-corrected chi connectivity index (χ1v) is 6.49. The number of aromatic hydroxyl groups is 1. The van der Waals surface area contributed by atoms with Crippen molar-refractivity contribution in [3.05, 3.63) is 53.6 Å². The maximum atomic E-state index is 11.4. The van der Waals surface area contributed by atoms with Gasteiger partial charge >= 0.3 is 29.6 Å². The number of phenols is 1. The predicted molar refractivity (Wildman–Crippen MR) is 80.5 cm³/mol. The fourth-order valence-electron chi connectivity index (χ4n) is 1.98. The molecule has 2 rings (SSSR count). The Morgan fingerprint density at radius 2 is 1.57 bits per heavy atom. The van der Waals surface area contributed by atoms with Gasteiger partial charge in [-0.05, 0) is 41.5 Å². The third-order valence-electron chi connectivity index (χ3n) is 3.08. The summed E-state index contributed by atoms with van der Waals surface area (Å²) in [5.74, 6) is -0.153. The van der Waals surface area contributed by atoms with Crippen LogP contribution in [-0.2, 0) is 4.79 Å². The summed E-state index contributed by atoms with van der Waals surface area (Å²) in [7, 11) is 3.03. The molecule has 0 aliphatic heterocycles. The Morgan fingerprint density at radius 1 is 1.04 bits per heavy atom. The van der Waals surface area contributed by atoms with E-state index >= 15 is 0 Å². The van der Waals surface area contributed by atoms with Crippen LogP contribution in [0.1, 0.15) is 11.1 Å². The average Bonchev–Trinajstić information content (AvgIpc) is 2.53. The number of ether oxygens (including phenoxy) is 2. The standard InChI is InChI=1S/C17H16O5.Na/c1-21-14-7-11(8-15(10-14)22-2)9-16(17(19)20)12-3-5-13(18)6-4-12;/h3-10,18H,1-2H3,(H,19,20);/q;+1/p-1/b16-9-;. The summed E-state index contributed by atoms with van der Waals surface area (Å²) in [5, 5.41) is 20.7. The molecular formula is C17H15NaO5. The fraction of sp³-hybridized carbons (Fsp3) is 0.118. The van der Waals surface area contributed by atoms with E-state index in [-0.39, 0.29) is 40.9 Å². The quantitative estimate of drug-likeness (QED) is 0.421. The van der Waals surface area contributed by atoms with E-state index in [4.69, 9.17) is 9.47 Å². The molecule has 6 heteroatoms. The van der Waals surface area contributed by atoms with Gasteiger partial charge in [-0.3, -0.25) is 0 Å². The van der Waals surface area contributed by atoms with Crippen molar-refractivity contribution in [2.24, 2.45) is 0 Å². The molecule has 0 bridgehead atoms. The maximum Gasteiger partial charge on any atom is 1.00 e. The Labute approximate surface area is 156 Å². The van der Waals surface area contributed by atoms with Gasteiger partial charge < -0.3 is 24.5 Å². The molecule has 0 aliphatic rings. The summed E-state index contributed by atoms with van der Waals surface area (Å²) < 4.78 is 10.3. The van der Waals surface area contributed by atoms with Crippen molar-refractivity contribution in [3.63, 3.8) is 0 Å². The van der Waals surface area contributed by atoms with Gasteiger partial charge in [-0.1, -0.05) is 12.1 Å². The number of rotatable bonds is 5. The largest absolute Gasteiger partial charge is 1.00 e. The zero-order valence-corrected chi connectivity index (χ0v) is 15.2. The fourth-order valence-corrected chi connectivity index (χ4v) is 1.98. The van der Waals surface area contributed by atoms with Crippen LogP contribution in [0.25, 0.3) is 11.6 Å². The Bertz CT molecular complexity index is 685. The Balaban J connectivity index is 0.00000264. The number of hydrogen-bond acceptors (Lipinski definition) is 5. The minimum absolute atomic E-state index is 0. The van der Waals surface area contributed by atoms with E-state index in [0.29, 0.717) is 22.6 Å². The van der Waals surface area contributed by atoms with E-state index in [0.717, 1.165) is 0 Å². The number of phenolic OH excluding ortho intramolecular Hbond substituents is 1. The number of carboxylic acids is 1. The third kappa shape index (κ3) is 5.03. The SMILES string of the molecule is COc1cc(/C=C(\C(=O)[O-])c2ccc(O)cc2)cc(OC)c1.[Na+]. The number of aliphatic carboxylic acids is 1. The van der Waals surface area contributed by atoms with E-state index in [9.17, 15) is 15.0 Å². The number of carboxylic acid groups (broad SMARTS) is 1. The van der Waals surface area contributed by atoms with Crippen molar-refractivity contribution in [2.45, 2.75) is 0 Å². The second-order valence-corrected chi connectivity index (χ2v) is 4.54. The van der Waals surface area contributed by atoms with Crippen molar-refractivity contribution < 1.29 is 54.0 Å². The molecule has 0 atom stereocenters. The summed E-state index contributed by atoms with van der Waals surface area (Å²) in [6.45, 7) is 0. The van der Waals surface area contributed by atoms with Crippen LogP contribution in [0.5, 0.6) is 17.2 Å². The zero-order chi connectivity index (χ0) is 16.1. The van der Waals surface area contributed by atoms with Crippen LogP contribution in [0.15, 0.2) is 42.5 Å². The molecule has 0 saturated carbocycles. The summed E-state index contributed by atoms with van der Waals surface area (Å²) in [4.78, 5) is 11.4.